The molecule has 0 bridgehead atoms. The molecule has 0 amide bonds. The lowest BCUT2D eigenvalue weighted by Crippen LogP contribution is -2.12. The fourth-order valence-corrected chi connectivity index (χ4v) is 1.54. The maximum atomic E-state index is 11.7. The van der Waals surface area contributed by atoms with Gasteiger partial charge < -0.3 is 4.98 Å². The zero-order valence-corrected chi connectivity index (χ0v) is 8.56. The minimum atomic E-state index is -0.578. The zero-order valence-electron chi connectivity index (χ0n) is 8.56. The topological polar surface area (TPSA) is 88.9 Å². The van der Waals surface area contributed by atoms with Gasteiger partial charge in [-0.3, -0.25) is 14.9 Å². The van der Waals surface area contributed by atoms with E-state index in [2.05, 4.69) is 9.97 Å². The van der Waals surface area contributed by atoms with Gasteiger partial charge in [0, 0.05) is 12.5 Å². The van der Waals surface area contributed by atoms with Gasteiger partial charge in [-0.15, -0.1) is 0 Å². The first-order valence-electron chi connectivity index (χ1n) is 4.79. The number of fused-ring (bicyclic) bond motifs is 1. The Kier molecular flexibility index (Phi) is 2.40. The highest BCUT2D eigenvalue weighted by atomic mass is 16.6. The number of nitrogens with zero attached hydrogens (tertiary/aromatic N) is 2. The van der Waals surface area contributed by atoms with E-state index in [4.69, 9.17) is 0 Å². The molecule has 0 fully saturated rings. The summed E-state index contributed by atoms with van der Waals surface area (Å²) < 4.78 is 0. The monoisotopic (exact) mass is 219 g/mol. The third kappa shape index (κ3) is 1.54. The normalized spacial score (nSPS) is 10.6. The van der Waals surface area contributed by atoms with Crippen molar-refractivity contribution in [2.45, 2.75) is 13.3 Å². The molecular formula is C10H9N3O3. The largest absolute Gasteiger partial charge is 0.310 e. The van der Waals surface area contributed by atoms with Gasteiger partial charge in [0.15, 0.2) is 0 Å². The molecule has 1 aromatic carbocycles. The smallest absolute Gasteiger partial charge is 0.284 e. The average molecular weight is 219 g/mol. The third-order valence-corrected chi connectivity index (χ3v) is 2.29. The number of nitro benzene ring substituents is 1. The van der Waals surface area contributed by atoms with Crippen molar-refractivity contribution in [1.29, 1.82) is 0 Å². The number of rotatable bonds is 2. The Labute approximate surface area is 90.1 Å². The van der Waals surface area contributed by atoms with Crippen molar-refractivity contribution in [2.24, 2.45) is 0 Å². The Morgan fingerprint density at radius 2 is 2.25 bits per heavy atom. The van der Waals surface area contributed by atoms with Gasteiger partial charge in [-0.1, -0.05) is 13.0 Å². The maximum Gasteiger partial charge on any atom is 0.284 e. The summed E-state index contributed by atoms with van der Waals surface area (Å²) in [5.41, 5.74) is -0.321. The lowest BCUT2D eigenvalue weighted by Gasteiger charge is -2.00. The summed E-state index contributed by atoms with van der Waals surface area (Å²) in [7, 11) is 0. The molecule has 0 spiro atoms. The van der Waals surface area contributed by atoms with Crippen LogP contribution in [0.3, 0.4) is 0 Å². The van der Waals surface area contributed by atoms with E-state index in [1.165, 1.54) is 12.1 Å². The fraction of sp³-hybridized carbons (Fsp3) is 0.200. The summed E-state index contributed by atoms with van der Waals surface area (Å²) in [6, 6.07) is 4.41. The van der Waals surface area contributed by atoms with E-state index in [9.17, 15) is 14.9 Å². The van der Waals surface area contributed by atoms with Gasteiger partial charge in [0.2, 0.25) is 0 Å². The summed E-state index contributed by atoms with van der Waals surface area (Å²) in [4.78, 5) is 28.5. The standard InChI is InChI=1S/C10H9N3O3/c1-2-8-11-6-4-3-5-7(13(15)16)9(6)10(14)12-8/h3-5H,2H2,1H3,(H,11,12,14). The number of aryl methyl sites for hydroxylation is 1. The van der Waals surface area contributed by atoms with Crippen molar-refractivity contribution >= 4 is 16.6 Å². The van der Waals surface area contributed by atoms with Gasteiger partial charge in [0.25, 0.3) is 11.2 Å². The van der Waals surface area contributed by atoms with Crippen molar-refractivity contribution < 1.29 is 4.92 Å². The molecule has 0 saturated heterocycles. The Bertz CT molecular complexity index is 618. The predicted molar refractivity (Wildman–Crippen MR) is 58.4 cm³/mol. The van der Waals surface area contributed by atoms with E-state index in [1.54, 1.807) is 6.07 Å². The van der Waals surface area contributed by atoms with Crippen LogP contribution < -0.4 is 5.56 Å². The van der Waals surface area contributed by atoms with E-state index >= 15 is 0 Å². The first-order valence-corrected chi connectivity index (χ1v) is 4.79. The van der Waals surface area contributed by atoms with Crippen LogP contribution in [-0.2, 0) is 6.42 Å². The van der Waals surface area contributed by atoms with Gasteiger partial charge in [-0.05, 0) is 6.07 Å². The van der Waals surface area contributed by atoms with Crippen LogP contribution in [0.25, 0.3) is 10.9 Å². The van der Waals surface area contributed by atoms with Crippen LogP contribution in [0.5, 0.6) is 0 Å². The number of aromatic amines is 1. The Morgan fingerprint density at radius 1 is 1.50 bits per heavy atom. The molecule has 0 radical (unpaired) electrons. The Morgan fingerprint density at radius 3 is 2.88 bits per heavy atom. The molecule has 0 unspecified atom stereocenters. The molecule has 6 heteroatoms. The highest BCUT2D eigenvalue weighted by molar-refractivity contribution is 5.86. The van der Waals surface area contributed by atoms with E-state index < -0.39 is 10.5 Å². The number of non-ortho nitro benzene ring substituents is 1. The Balaban J connectivity index is 2.89. The SMILES string of the molecule is CCc1nc2cccc([N+](=O)[O-])c2c(=O)[nH]1. The highest BCUT2D eigenvalue weighted by Gasteiger charge is 2.15. The number of nitrogens with one attached hydrogen (secondary N) is 1. The number of H-pyrrole nitrogens is 1. The van der Waals surface area contributed by atoms with Crippen molar-refractivity contribution in [3.8, 4) is 0 Å². The second-order valence-electron chi connectivity index (χ2n) is 3.29. The number of hydrogen-bond acceptors (Lipinski definition) is 4. The maximum absolute atomic E-state index is 11.7. The molecule has 82 valence electrons. The van der Waals surface area contributed by atoms with Gasteiger partial charge in [-0.25, -0.2) is 4.98 Å². The summed E-state index contributed by atoms with van der Waals surface area (Å²) in [6.07, 6.45) is 0.577. The van der Waals surface area contributed by atoms with Crippen molar-refractivity contribution in [3.05, 3.63) is 44.5 Å². The molecule has 2 rings (SSSR count). The molecule has 0 aliphatic rings. The predicted octanol–water partition coefficient (Wildman–Crippen LogP) is 1.39. The quantitative estimate of drug-likeness (QED) is 0.610. The van der Waals surface area contributed by atoms with E-state index in [0.717, 1.165) is 0 Å². The lowest BCUT2D eigenvalue weighted by atomic mass is 10.2. The summed E-state index contributed by atoms with van der Waals surface area (Å²) >= 11 is 0. The summed E-state index contributed by atoms with van der Waals surface area (Å²) in [5, 5.41) is 10.8. The molecule has 0 aliphatic carbocycles. The summed E-state index contributed by atoms with van der Waals surface area (Å²) in [5.74, 6) is 0.526. The second kappa shape index (κ2) is 3.73. The number of nitro groups is 1. The van der Waals surface area contributed by atoms with E-state index in [1.807, 2.05) is 6.92 Å². The lowest BCUT2D eigenvalue weighted by molar-refractivity contribution is -0.383. The van der Waals surface area contributed by atoms with Crippen LogP contribution in [0, 0.1) is 10.1 Å². The second-order valence-corrected chi connectivity index (χ2v) is 3.29. The van der Waals surface area contributed by atoms with Gasteiger partial charge in [-0.2, -0.15) is 0 Å². The number of hydrogen-bond donors (Lipinski definition) is 1. The fourth-order valence-electron chi connectivity index (χ4n) is 1.54. The first kappa shape index (κ1) is 10.3. The highest BCUT2D eigenvalue weighted by Crippen LogP contribution is 2.20. The Hall–Kier alpha value is -2.24. The molecule has 2 aromatic rings. The minimum Gasteiger partial charge on any atom is -0.310 e. The van der Waals surface area contributed by atoms with E-state index in [-0.39, 0.29) is 11.1 Å². The van der Waals surface area contributed by atoms with Crippen LogP contribution >= 0.6 is 0 Å². The van der Waals surface area contributed by atoms with Crippen LogP contribution in [-0.4, -0.2) is 14.9 Å². The molecule has 16 heavy (non-hydrogen) atoms. The number of aromatic nitrogens is 2. The minimum absolute atomic E-state index is 0.0321. The third-order valence-electron chi connectivity index (χ3n) is 2.29. The van der Waals surface area contributed by atoms with Gasteiger partial charge in [0.05, 0.1) is 10.4 Å². The van der Waals surface area contributed by atoms with Gasteiger partial charge in [0.1, 0.15) is 11.2 Å². The van der Waals surface area contributed by atoms with Crippen LogP contribution in [0.15, 0.2) is 23.0 Å². The zero-order chi connectivity index (χ0) is 11.7. The van der Waals surface area contributed by atoms with Crippen molar-refractivity contribution in [1.82, 2.24) is 9.97 Å². The molecule has 0 atom stereocenters. The molecule has 1 N–H and O–H groups in total. The number of benzene rings is 1. The van der Waals surface area contributed by atoms with Gasteiger partial charge >= 0.3 is 0 Å². The van der Waals surface area contributed by atoms with Crippen LogP contribution in [0.4, 0.5) is 5.69 Å². The summed E-state index contributed by atoms with van der Waals surface area (Å²) in [6.45, 7) is 1.85. The molecule has 1 aromatic heterocycles. The van der Waals surface area contributed by atoms with Crippen LogP contribution in [0.1, 0.15) is 12.7 Å². The molecule has 0 saturated carbocycles. The van der Waals surface area contributed by atoms with Crippen molar-refractivity contribution in [2.75, 3.05) is 0 Å². The molecule has 1 heterocycles. The van der Waals surface area contributed by atoms with Crippen LogP contribution in [0.2, 0.25) is 0 Å². The molecular weight excluding hydrogens is 210 g/mol. The molecule has 0 aliphatic heterocycles. The average Bonchev–Trinajstić information content (AvgIpc) is 2.27. The van der Waals surface area contributed by atoms with E-state index in [0.29, 0.717) is 17.8 Å². The van der Waals surface area contributed by atoms with Crippen molar-refractivity contribution in [3.63, 3.8) is 0 Å². The molecule has 6 nitrogen and oxygen atoms in total. The first-order chi connectivity index (χ1) is 7.63.